The van der Waals surface area contributed by atoms with Gasteiger partial charge in [-0.15, -0.1) is 0 Å². The van der Waals surface area contributed by atoms with Gasteiger partial charge < -0.3 is 10.1 Å². The lowest BCUT2D eigenvalue weighted by Gasteiger charge is -2.07. The molecule has 0 aromatic heterocycles. The lowest BCUT2D eigenvalue weighted by atomic mass is 10.0. The third-order valence-electron chi connectivity index (χ3n) is 4.38. The number of hydrogen-bond acceptors (Lipinski definition) is 3. The second-order valence-electron chi connectivity index (χ2n) is 6.44. The number of carbonyl (C=O) groups excluding carboxylic acids is 1. The van der Waals surface area contributed by atoms with Gasteiger partial charge in [-0.1, -0.05) is 42.5 Å². The smallest absolute Gasteiger partial charge is 0.187 e. The van der Waals surface area contributed by atoms with Crippen LogP contribution in [0.2, 0.25) is 0 Å². The Morgan fingerprint density at radius 3 is 2.37 bits per heavy atom. The maximum atomic E-state index is 12.2. The van der Waals surface area contributed by atoms with E-state index in [1.54, 1.807) is 12.3 Å². The summed E-state index contributed by atoms with van der Waals surface area (Å²) in [4.78, 5) is 12.2. The van der Waals surface area contributed by atoms with Gasteiger partial charge in [0.15, 0.2) is 5.78 Å². The number of allylic oxidation sites excluding steroid dienone is 1. The molecule has 0 spiro atoms. The van der Waals surface area contributed by atoms with Crippen LogP contribution in [0, 0.1) is 13.8 Å². The molecule has 0 saturated carbocycles. The highest BCUT2D eigenvalue weighted by Gasteiger charge is 2.03. The van der Waals surface area contributed by atoms with E-state index < -0.39 is 0 Å². The Balaban J connectivity index is 1.52. The van der Waals surface area contributed by atoms with Gasteiger partial charge in [0, 0.05) is 23.5 Å². The third kappa shape index (κ3) is 5.32. The van der Waals surface area contributed by atoms with Gasteiger partial charge in [0.05, 0.1) is 0 Å². The molecule has 0 bridgehead atoms. The number of rotatable bonds is 7. The van der Waals surface area contributed by atoms with Crippen molar-refractivity contribution in [1.29, 1.82) is 0 Å². The van der Waals surface area contributed by atoms with E-state index in [1.807, 2.05) is 86.6 Å². The van der Waals surface area contributed by atoms with Crippen LogP contribution in [-0.4, -0.2) is 5.78 Å². The molecule has 3 nitrogen and oxygen atoms in total. The summed E-state index contributed by atoms with van der Waals surface area (Å²) in [5.41, 5.74) is 5.02. The zero-order valence-electron chi connectivity index (χ0n) is 15.6. The van der Waals surface area contributed by atoms with Gasteiger partial charge >= 0.3 is 0 Å². The molecule has 0 aliphatic carbocycles. The van der Waals surface area contributed by atoms with Gasteiger partial charge in [0.25, 0.3) is 0 Å². The number of benzene rings is 3. The predicted molar refractivity (Wildman–Crippen MR) is 110 cm³/mol. The molecule has 0 unspecified atom stereocenters. The van der Waals surface area contributed by atoms with Gasteiger partial charge in [0.2, 0.25) is 0 Å². The van der Waals surface area contributed by atoms with Crippen LogP contribution < -0.4 is 10.1 Å². The van der Waals surface area contributed by atoms with E-state index in [0.29, 0.717) is 12.2 Å². The fourth-order valence-electron chi connectivity index (χ4n) is 2.59. The fourth-order valence-corrected chi connectivity index (χ4v) is 2.59. The van der Waals surface area contributed by atoms with E-state index in [4.69, 9.17) is 4.74 Å². The monoisotopic (exact) mass is 357 g/mol. The minimum Gasteiger partial charge on any atom is -0.489 e. The standard InChI is InChI=1S/C24H23NO2/c1-18-8-9-21(16-19(18)2)24(26)14-15-25-22-10-12-23(13-11-22)27-17-20-6-4-3-5-7-20/h3-16,25H,17H2,1-2H3/b15-14+. The molecule has 0 aliphatic heterocycles. The number of carbonyl (C=O) groups is 1. The van der Waals surface area contributed by atoms with Crippen LogP contribution in [0.25, 0.3) is 0 Å². The van der Waals surface area contributed by atoms with Gasteiger partial charge in [-0.05, 0) is 60.9 Å². The molecular weight excluding hydrogens is 334 g/mol. The van der Waals surface area contributed by atoms with Crippen molar-refractivity contribution in [2.75, 3.05) is 5.32 Å². The average Bonchev–Trinajstić information content (AvgIpc) is 2.70. The van der Waals surface area contributed by atoms with Crippen molar-refractivity contribution in [3.05, 3.63) is 107 Å². The molecule has 3 rings (SSSR count). The highest BCUT2D eigenvalue weighted by molar-refractivity contribution is 6.04. The maximum Gasteiger partial charge on any atom is 0.187 e. The number of nitrogens with one attached hydrogen (secondary N) is 1. The Bertz CT molecular complexity index is 928. The van der Waals surface area contributed by atoms with Crippen LogP contribution in [-0.2, 0) is 6.61 Å². The summed E-state index contributed by atoms with van der Waals surface area (Å²) < 4.78 is 5.77. The zero-order valence-corrected chi connectivity index (χ0v) is 15.6. The molecule has 3 heteroatoms. The molecule has 3 aromatic carbocycles. The molecule has 0 radical (unpaired) electrons. The van der Waals surface area contributed by atoms with Crippen LogP contribution >= 0.6 is 0 Å². The van der Waals surface area contributed by atoms with Crippen molar-refractivity contribution >= 4 is 11.5 Å². The van der Waals surface area contributed by atoms with Crippen LogP contribution in [0.1, 0.15) is 27.0 Å². The first-order valence-electron chi connectivity index (χ1n) is 8.93. The van der Waals surface area contributed by atoms with Crippen molar-refractivity contribution in [3.63, 3.8) is 0 Å². The number of anilines is 1. The largest absolute Gasteiger partial charge is 0.489 e. The van der Waals surface area contributed by atoms with Crippen LogP contribution in [0.3, 0.4) is 0 Å². The Kier molecular flexibility index (Phi) is 6.06. The summed E-state index contributed by atoms with van der Waals surface area (Å²) >= 11 is 0. The Morgan fingerprint density at radius 2 is 1.67 bits per heavy atom. The molecule has 3 aromatic rings. The van der Waals surface area contributed by atoms with Crippen LogP contribution in [0.4, 0.5) is 5.69 Å². The quantitative estimate of drug-likeness (QED) is 0.436. The van der Waals surface area contributed by atoms with Crippen molar-refractivity contribution < 1.29 is 9.53 Å². The molecule has 0 fully saturated rings. The summed E-state index contributed by atoms with van der Waals surface area (Å²) in [7, 11) is 0. The van der Waals surface area contributed by atoms with E-state index in [9.17, 15) is 4.79 Å². The Labute approximate surface area is 160 Å². The van der Waals surface area contributed by atoms with Crippen molar-refractivity contribution in [2.24, 2.45) is 0 Å². The molecular formula is C24H23NO2. The summed E-state index contributed by atoms with van der Waals surface area (Å²) in [5, 5.41) is 3.12. The highest BCUT2D eigenvalue weighted by atomic mass is 16.5. The Hall–Kier alpha value is -3.33. The minimum absolute atomic E-state index is 0.0200. The third-order valence-corrected chi connectivity index (χ3v) is 4.38. The normalized spacial score (nSPS) is 10.7. The molecule has 1 N–H and O–H groups in total. The number of ketones is 1. The topological polar surface area (TPSA) is 38.3 Å². The maximum absolute atomic E-state index is 12.2. The molecule has 27 heavy (non-hydrogen) atoms. The number of ether oxygens (including phenoxy) is 1. The fraction of sp³-hybridized carbons (Fsp3) is 0.125. The average molecular weight is 357 g/mol. The SMILES string of the molecule is Cc1ccc(C(=O)/C=C/Nc2ccc(OCc3ccccc3)cc2)cc1C. The van der Waals surface area contributed by atoms with Crippen LogP contribution in [0.5, 0.6) is 5.75 Å². The summed E-state index contributed by atoms with van der Waals surface area (Å²) in [6.45, 7) is 4.59. The molecule has 0 heterocycles. The molecule has 0 atom stereocenters. The summed E-state index contributed by atoms with van der Waals surface area (Å²) in [6, 6.07) is 23.5. The zero-order chi connectivity index (χ0) is 19.1. The molecule has 136 valence electrons. The summed E-state index contributed by atoms with van der Waals surface area (Å²) in [6.07, 6.45) is 3.21. The van der Waals surface area contributed by atoms with Crippen LogP contribution in [0.15, 0.2) is 85.1 Å². The van der Waals surface area contributed by atoms with E-state index in [2.05, 4.69) is 5.32 Å². The first-order chi connectivity index (χ1) is 13.1. The number of hydrogen-bond donors (Lipinski definition) is 1. The molecule has 0 amide bonds. The van der Waals surface area contributed by atoms with E-state index in [0.717, 1.165) is 22.6 Å². The predicted octanol–water partition coefficient (Wildman–Crippen LogP) is 5.69. The first kappa shape index (κ1) is 18.5. The van der Waals surface area contributed by atoms with E-state index in [1.165, 1.54) is 5.56 Å². The van der Waals surface area contributed by atoms with E-state index >= 15 is 0 Å². The van der Waals surface area contributed by atoms with E-state index in [-0.39, 0.29) is 5.78 Å². The lowest BCUT2D eigenvalue weighted by molar-refractivity contribution is 0.104. The second-order valence-corrected chi connectivity index (χ2v) is 6.44. The highest BCUT2D eigenvalue weighted by Crippen LogP contribution is 2.17. The van der Waals surface area contributed by atoms with Gasteiger partial charge in [-0.25, -0.2) is 0 Å². The first-order valence-corrected chi connectivity index (χ1v) is 8.93. The van der Waals surface area contributed by atoms with Gasteiger partial charge in [-0.2, -0.15) is 0 Å². The second kappa shape index (κ2) is 8.86. The summed E-state index contributed by atoms with van der Waals surface area (Å²) in [5.74, 6) is 0.785. The van der Waals surface area contributed by atoms with Gasteiger partial charge in [0.1, 0.15) is 12.4 Å². The molecule has 0 saturated heterocycles. The number of aryl methyl sites for hydroxylation is 2. The Morgan fingerprint density at radius 1 is 0.926 bits per heavy atom. The van der Waals surface area contributed by atoms with Gasteiger partial charge in [-0.3, -0.25) is 4.79 Å². The lowest BCUT2D eigenvalue weighted by Crippen LogP contribution is -1.98. The van der Waals surface area contributed by atoms with Crippen molar-refractivity contribution in [3.8, 4) is 5.75 Å². The minimum atomic E-state index is -0.0200. The molecule has 0 aliphatic rings. The van der Waals surface area contributed by atoms with Crippen molar-refractivity contribution in [2.45, 2.75) is 20.5 Å². The van der Waals surface area contributed by atoms with Crippen molar-refractivity contribution in [1.82, 2.24) is 0 Å².